The van der Waals surface area contributed by atoms with Gasteiger partial charge < -0.3 is 29.7 Å². The van der Waals surface area contributed by atoms with Crippen molar-refractivity contribution in [3.63, 3.8) is 0 Å². The monoisotopic (exact) mass is 1070 g/mol. The largest absolute Gasteiger partial charge is 0.481 e. The summed E-state index contributed by atoms with van der Waals surface area (Å²) in [6, 6.07) is 30.5. The molecule has 73 heavy (non-hydrogen) atoms. The normalized spacial score (nSPS) is 15.9. The minimum Gasteiger partial charge on any atom is -0.481 e. The van der Waals surface area contributed by atoms with Gasteiger partial charge in [-0.2, -0.15) is 0 Å². The highest BCUT2D eigenvalue weighted by Crippen LogP contribution is 2.45. The van der Waals surface area contributed by atoms with Gasteiger partial charge in [0.05, 0.1) is 20.9 Å². The Balaban J connectivity index is 0.922. The molecule has 1 atom stereocenters. The van der Waals surface area contributed by atoms with E-state index >= 15 is 4.39 Å². The summed E-state index contributed by atoms with van der Waals surface area (Å²) in [5, 5.41) is 13.8. The van der Waals surface area contributed by atoms with Crippen molar-refractivity contribution in [3.8, 4) is 22.4 Å². The molecule has 0 saturated carbocycles. The summed E-state index contributed by atoms with van der Waals surface area (Å²) < 4.78 is 89.6. The number of halogens is 3. The van der Waals surface area contributed by atoms with E-state index < -0.39 is 37.1 Å². The molecule has 2 aliphatic heterocycles. The lowest BCUT2D eigenvalue weighted by Crippen LogP contribution is -2.46. The average molecular weight is 1070 g/mol. The van der Waals surface area contributed by atoms with Crippen molar-refractivity contribution in [1.82, 2.24) is 9.47 Å². The SMILES string of the molecule is Cc1cc(S(=O)(=O)Nc2ccc(N3CCN(c4cc(F)cc(-c5c(S(C)(=O)=O)c(C)n(C(C)C)c5-c5ccc(Cl)cc5)c4)CC3)cc2)ccc1N[C@H](CCN1CCC(C)(C(=O)O)CC1)CSc1ccccc1F. The molecule has 8 rings (SSSR count). The lowest BCUT2D eigenvalue weighted by Gasteiger charge is -2.37. The van der Waals surface area contributed by atoms with Crippen LogP contribution in [0.2, 0.25) is 5.02 Å². The lowest BCUT2D eigenvalue weighted by atomic mass is 9.80. The Morgan fingerprint density at radius 2 is 1.45 bits per heavy atom. The molecule has 0 unspecified atom stereocenters. The van der Waals surface area contributed by atoms with Crippen molar-refractivity contribution < 1.29 is 35.5 Å². The van der Waals surface area contributed by atoms with Crippen molar-refractivity contribution in [2.24, 2.45) is 5.41 Å². The number of carboxylic acids is 1. The third-order valence-corrected chi connectivity index (χ3v) is 18.2. The Hall–Kier alpha value is -5.59. The van der Waals surface area contributed by atoms with Crippen LogP contribution in [0.3, 0.4) is 0 Å². The maximum atomic E-state index is 15.8. The standard InChI is InChI=1S/C55H63ClF2N6O6S3/c1-36(2)64-38(4)53(72(6,67)68)51(52(64)39-11-13-41(56)14-12-39)40-32-42(57)34-46(33-40)63-29-27-62(28-30-63)45-17-15-43(16-18-45)60-73(69,70)47-19-20-49(37(3)31-47)59-44(35-71-50-10-8-7-9-48(50)58)21-24-61-25-22-55(5,23-26-61)54(65)66/h7-20,31-34,36,44,59-60H,21-30,35H2,1-6H3,(H,65,66)/t44-/m1/s1. The first kappa shape index (κ1) is 53.7. The van der Waals surface area contributed by atoms with Gasteiger partial charge in [0, 0.05) is 101 Å². The zero-order valence-electron chi connectivity index (χ0n) is 42.0. The number of rotatable bonds is 18. The summed E-state index contributed by atoms with van der Waals surface area (Å²) in [6.07, 6.45) is 3.04. The third-order valence-electron chi connectivity index (χ3n) is 14.1. The van der Waals surface area contributed by atoms with E-state index in [-0.39, 0.29) is 27.7 Å². The molecule has 1 aromatic heterocycles. The second-order valence-corrected chi connectivity index (χ2v) is 24.9. The molecule has 0 amide bonds. The van der Waals surface area contributed by atoms with E-state index in [9.17, 15) is 31.1 Å². The zero-order chi connectivity index (χ0) is 52.4. The number of nitrogens with zero attached hydrogens (tertiary/aromatic N) is 4. The number of sulfonamides is 1. The minimum absolute atomic E-state index is 0.0997. The fourth-order valence-corrected chi connectivity index (χ4v) is 13.5. The van der Waals surface area contributed by atoms with Crippen LogP contribution >= 0.6 is 23.4 Å². The molecule has 3 heterocycles. The number of carboxylic acid groups (broad SMARTS) is 1. The molecule has 0 aliphatic carbocycles. The molecule has 2 fully saturated rings. The van der Waals surface area contributed by atoms with Gasteiger partial charge in [0.25, 0.3) is 10.0 Å². The molecule has 5 aromatic carbocycles. The smallest absolute Gasteiger partial charge is 0.309 e. The fraction of sp³-hybridized carbons (Fsp3) is 0.364. The number of carbonyl (C=O) groups is 1. The molecule has 0 spiro atoms. The number of anilines is 4. The van der Waals surface area contributed by atoms with Crippen molar-refractivity contribution in [3.05, 3.63) is 137 Å². The molecule has 18 heteroatoms. The van der Waals surface area contributed by atoms with Gasteiger partial charge in [-0.15, -0.1) is 11.8 Å². The molecular weight excluding hydrogens is 1010 g/mol. The van der Waals surface area contributed by atoms with E-state index in [2.05, 4.69) is 24.7 Å². The van der Waals surface area contributed by atoms with Gasteiger partial charge in [-0.25, -0.2) is 25.6 Å². The summed E-state index contributed by atoms with van der Waals surface area (Å²) in [5.41, 5.74) is 5.60. The van der Waals surface area contributed by atoms with Crippen molar-refractivity contribution >= 4 is 71.9 Å². The van der Waals surface area contributed by atoms with Gasteiger partial charge in [0.15, 0.2) is 9.84 Å². The first-order valence-corrected chi connectivity index (χ1v) is 29.2. The van der Waals surface area contributed by atoms with Crippen LogP contribution in [0.1, 0.15) is 57.3 Å². The Morgan fingerprint density at radius 3 is 2.05 bits per heavy atom. The Labute approximate surface area is 437 Å². The number of likely N-dealkylation sites (tertiary alicyclic amines) is 1. The first-order chi connectivity index (χ1) is 34.6. The molecule has 6 aromatic rings. The minimum atomic E-state index is -3.98. The van der Waals surface area contributed by atoms with Crippen molar-refractivity contribution in [2.45, 2.75) is 80.7 Å². The highest BCUT2D eigenvalue weighted by molar-refractivity contribution is 7.99. The van der Waals surface area contributed by atoms with Gasteiger partial charge in [-0.3, -0.25) is 9.52 Å². The summed E-state index contributed by atoms with van der Waals surface area (Å²) in [4.78, 5) is 19.2. The molecule has 3 N–H and O–H groups in total. The number of hydrogen-bond donors (Lipinski definition) is 3. The highest BCUT2D eigenvalue weighted by atomic mass is 35.5. The zero-order valence-corrected chi connectivity index (χ0v) is 45.2. The van der Waals surface area contributed by atoms with E-state index in [4.69, 9.17) is 11.6 Å². The topological polar surface area (TPSA) is 144 Å². The molecule has 0 bridgehead atoms. The van der Waals surface area contributed by atoms with Crippen molar-refractivity contribution in [1.29, 1.82) is 0 Å². The summed E-state index contributed by atoms with van der Waals surface area (Å²) >= 11 is 7.68. The molecule has 2 aliphatic rings. The van der Waals surface area contributed by atoms with E-state index in [1.54, 1.807) is 74.5 Å². The maximum Gasteiger partial charge on any atom is 0.309 e. The van der Waals surface area contributed by atoms with Gasteiger partial charge in [-0.05, 0) is 169 Å². The van der Waals surface area contributed by atoms with Crippen LogP contribution in [0.15, 0.2) is 124 Å². The molecule has 0 radical (unpaired) electrons. The number of sulfone groups is 1. The van der Waals surface area contributed by atoms with E-state index in [1.807, 2.05) is 55.7 Å². The fourth-order valence-electron chi connectivity index (χ4n) is 9.98. The second-order valence-electron chi connectivity index (χ2n) is 19.8. The second kappa shape index (κ2) is 22.1. The summed E-state index contributed by atoms with van der Waals surface area (Å²) in [7, 11) is -7.73. The van der Waals surface area contributed by atoms with Crippen LogP contribution in [0.5, 0.6) is 0 Å². The number of thioether (sulfide) groups is 1. The highest BCUT2D eigenvalue weighted by Gasteiger charge is 2.37. The number of benzene rings is 5. The molecule has 2 saturated heterocycles. The quantitative estimate of drug-likeness (QED) is 0.0708. The first-order valence-electron chi connectivity index (χ1n) is 24.4. The van der Waals surface area contributed by atoms with Crippen LogP contribution in [0.4, 0.5) is 31.5 Å². The summed E-state index contributed by atoms with van der Waals surface area (Å²) in [5.74, 6) is -0.986. The molecular formula is C55H63ClF2N6O6S3. The number of piperidine rings is 1. The molecule has 388 valence electrons. The third kappa shape index (κ3) is 12.3. The van der Waals surface area contributed by atoms with Crippen LogP contribution in [-0.2, 0) is 24.7 Å². The van der Waals surface area contributed by atoms with Gasteiger partial charge in [0.1, 0.15) is 11.6 Å². The number of piperazine rings is 1. The van der Waals surface area contributed by atoms with Crippen molar-refractivity contribution in [2.75, 3.05) is 77.7 Å². The van der Waals surface area contributed by atoms with Gasteiger partial charge >= 0.3 is 5.97 Å². The predicted octanol–water partition coefficient (Wildman–Crippen LogP) is 11.6. The van der Waals surface area contributed by atoms with E-state index in [0.717, 1.165) is 29.0 Å². The molecule has 12 nitrogen and oxygen atoms in total. The van der Waals surface area contributed by atoms with E-state index in [1.165, 1.54) is 36.2 Å². The number of aromatic nitrogens is 1. The predicted molar refractivity (Wildman–Crippen MR) is 292 cm³/mol. The van der Waals surface area contributed by atoms with Crippen LogP contribution in [-0.4, -0.2) is 101 Å². The van der Waals surface area contributed by atoms with Gasteiger partial charge in [-0.1, -0.05) is 35.9 Å². The Morgan fingerprint density at radius 1 is 0.808 bits per heavy atom. The van der Waals surface area contributed by atoms with Crippen LogP contribution in [0, 0.1) is 30.9 Å². The number of aliphatic carboxylic acids is 1. The number of hydrogen-bond acceptors (Lipinski definition) is 10. The average Bonchev–Trinajstić information content (AvgIpc) is 3.68. The van der Waals surface area contributed by atoms with Gasteiger partial charge in [0.2, 0.25) is 0 Å². The summed E-state index contributed by atoms with van der Waals surface area (Å²) in [6.45, 7) is 13.8. The Kier molecular flexibility index (Phi) is 16.2. The number of nitrogens with one attached hydrogen (secondary N) is 2. The Bertz CT molecular complexity index is 3190. The van der Waals surface area contributed by atoms with E-state index in [0.29, 0.717) is 108 Å². The number of aryl methyl sites for hydroxylation is 1. The lowest BCUT2D eigenvalue weighted by molar-refractivity contribution is -0.150. The maximum absolute atomic E-state index is 15.8. The van der Waals surface area contributed by atoms with Crippen LogP contribution < -0.4 is 19.8 Å². The van der Waals surface area contributed by atoms with Crippen LogP contribution in [0.25, 0.3) is 22.4 Å².